The molecule has 0 heterocycles. The van der Waals surface area contributed by atoms with Crippen molar-refractivity contribution in [2.24, 2.45) is 0 Å². The number of hydrogen-bond acceptors (Lipinski definition) is 1. The highest BCUT2D eigenvalue weighted by atomic mass is 127. The molecule has 0 aliphatic carbocycles. The zero-order valence-electron chi connectivity index (χ0n) is 9.29. The van der Waals surface area contributed by atoms with E-state index in [1.165, 1.54) is 14.7 Å². The number of rotatable bonds is 4. The van der Waals surface area contributed by atoms with E-state index >= 15 is 0 Å². The topological polar surface area (TPSA) is 12.0 Å². The summed E-state index contributed by atoms with van der Waals surface area (Å²) < 4.78 is 1.26. The molecule has 0 saturated heterocycles. The molecular weight excluding hydrogens is 345 g/mol. The third-order valence-electron chi connectivity index (χ3n) is 2.46. The minimum Gasteiger partial charge on any atom is -0.309 e. The lowest BCUT2D eigenvalue weighted by Gasteiger charge is -2.05. The SMILES string of the molecule is Clc1cccc(CNCc2ccc(I)cc2)c1. The van der Waals surface area contributed by atoms with Gasteiger partial charge in [0.1, 0.15) is 0 Å². The van der Waals surface area contributed by atoms with Crippen molar-refractivity contribution < 1.29 is 0 Å². The van der Waals surface area contributed by atoms with E-state index < -0.39 is 0 Å². The minimum absolute atomic E-state index is 0.790. The number of nitrogens with one attached hydrogen (secondary N) is 1. The molecule has 2 aromatic carbocycles. The fourth-order valence-electron chi connectivity index (χ4n) is 1.60. The molecule has 0 radical (unpaired) electrons. The van der Waals surface area contributed by atoms with Crippen molar-refractivity contribution in [3.8, 4) is 0 Å². The van der Waals surface area contributed by atoms with Crippen molar-refractivity contribution in [1.29, 1.82) is 0 Å². The average Bonchev–Trinajstić information content (AvgIpc) is 2.32. The summed E-state index contributed by atoms with van der Waals surface area (Å²) in [6, 6.07) is 16.5. The van der Waals surface area contributed by atoms with E-state index in [1.54, 1.807) is 0 Å². The second-order valence-corrected chi connectivity index (χ2v) is 5.54. The molecule has 17 heavy (non-hydrogen) atoms. The molecule has 0 spiro atoms. The van der Waals surface area contributed by atoms with Crippen LogP contribution in [0.4, 0.5) is 0 Å². The molecule has 0 atom stereocenters. The van der Waals surface area contributed by atoms with E-state index in [9.17, 15) is 0 Å². The van der Waals surface area contributed by atoms with Crippen molar-refractivity contribution in [3.05, 3.63) is 68.3 Å². The van der Waals surface area contributed by atoms with Crippen molar-refractivity contribution in [2.45, 2.75) is 13.1 Å². The Labute approximate surface area is 120 Å². The summed E-state index contributed by atoms with van der Waals surface area (Å²) in [5, 5.41) is 4.19. The number of hydrogen-bond donors (Lipinski definition) is 1. The van der Waals surface area contributed by atoms with Gasteiger partial charge in [0.25, 0.3) is 0 Å². The van der Waals surface area contributed by atoms with Crippen molar-refractivity contribution >= 4 is 34.2 Å². The summed E-state index contributed by atoms with van der Waals surface area (Å²) in [4.78, 5) is 0. The lowest BCUT2D eigenvalue weighted by molar-refractivity contribution is 0.693. The Morgan fingerprint density at radius 2 is 1.65 bits per heavy atom. The summed E-state index contributed by atoms with van der Waals surface area (Å²) in [5.74, 6) is 0. The van der Waals surface area contributed by atoms with Gasteiger partial charge in [0, 0.05) is 21.7 Å². The smallest absolute Gasteiger partial charge is 0.0409 e. The van der Waals surface area contributed by atoms with E-state index in [0.29, 0.717) is 0 Å². The van der Waals surface area contributed by atoms with Gasteiger partial charge in [-0.1, -0.05) is 35.9 Å². The largest absolute Gasteiger partial charge is 0.309 e. The van der Waals surface area contributed by atoms with Crippen LogP contribution in [0.25, 0.3) is 0 Å². The van der Waals surface area contributed by atoms with E-state index in [1.807, 2.05) is 18.2 Å². The van der Waals surface area contributed by atoms with Crippen LogP contribution in [0.15, 0.2) is 48.5 Å². The van der Waals surface area contributed by atoms with Gasteiger partial charge in [0.15, 0.2) is 0 Å². The zero-order valence-corrected chi connectivity index (χ0v) is 12.2. The third kappa shape index (κ3) is 4.30. The first-order valence-corrected chi connectivity index (χ1v) is 6.89. The van der Waals surface area contributed by atoms with E-state index in [4.69, 9.17) is 11.6 Å². The van der Waals surface area contributed by atoms with Crippen LogP contribution >= 0.6 is 34.2 Å². The molecule has 1 N–H and O–H groups in total. The summed E-state index contributed by atoms with van der Waals surface area (Å²) >= 11 is 8.24. The Balaban J connectivity index is 1.85. The Morgan fingerprint density at radius 3 is 2.35 bits per heavy atom. The molecule has 3 heteroatoms. The predicted molar refractivity (Wildman–Crippen MR) is 81.2 cm³/mol. The second kappa shape index (κ2) is 6.38. The first-order valence-electron chi connectivity index (χ1n) is 5.43. The highest BCUT2D eigenvalue weighted by Gasteiger charge is 1.95. The minimum atomic E-state index is 0.790. The van der Waals surface area contributed by atoms with Crippen LogP contribution in [0.5, 0.6) is 0 Å². The second-order valence-electron chi connectivity index (χ2n) is 3.86. The predicted octanol–water partition coefficient (Wildman–Crippen LogP) is 4.23. The van der Waals surface area contributed by atoms with Crippen LogP contribution in [-0.4, -0.2) is 0 Å². The van der Waals surface area contributed by atoms with Gasteiger partial charge >= 0.3 is 0 Å². The maximum atomic E-state index is 5.93. The van der Waals surface area contributed by atoms with Crippen molar-refractivity contribution in [1.82, 2.24) is 5.32 Å². The van der Waals surface area contributed by atoms with Crippen LogP contribution in [0.1, 0.15) is 11.1 Å². The molecule has 0 aliphatic rings. The monoisotopic (exact) mass is 357 g/mol. The summed E-state index contributed by atoms with van der Waals surface area (Å²) in [6.45, 7) is 1.72. The molecule has 88 valence electrons. The fraction of sp³-hybridized carbons (Fsp3) is 0.143. The van der Waals surface area contributed by atoms with Gasteiger partial charge in [0.2, 0.25) is 0 Å². The molecule has 0 fully saturated rings. The van der Waals surface area contributed by atoms with Crippen LogP contribution in [0.2, 0.25) is 5.02 Å². The van der Waals surface area contributed by atoms with Gasteiger partial charge in [-0.05, 0) is 58.0 Å². The van der Waals surface area contributed by atoms with Crippen LogP contribution < -0.4 is 5.32 Å². The fourth-order valence-corrected chi connectivity index (χ4v) is 2.17. The van der Waals surface area contributed by atoms with Gasteiger partial charge in [-0.15, -0.1) is 0 Å². The van der Waals surface area contributed by atoms with Crippen molar-refractivity contribution in [3.63, 3.8) is 0 Å². The van der Waals surface area contributed by atoms with Crippen LogP contribution in [-0.2, 0) is 13.1 Å². The molecule has 0 aromatic heterocycles. The van der Waals surface area contributed by atoms with Gasteiger partial charge in [-0.25, -0.2) is 0 Å². The van der Waals surface area contributed by atoms with Gasteiger partial charge < -0.3 is 5.32 Å². The summed E-state index contributed by atoms with van der Waals surface area (Å²) in [7, 11) is 0. The molecule has 1 nitrogen and oxygen atoms in total. The molecule has 2 rings (SSSR count). The third-order valence-corrected chi connectivity index (χ3v) is 3.41. The van der Waals surface area contributed by atoms with Gasteiger partial charge in [-0.2, -0.15) is 0 Å². The normalized spacial score (nSPS) is 10.5. The highest BCUT2D eigenvalue weighted by Crippen LogP contribution is 2.11. The first kappa shape index (κ1) is 12.9. The van der Waals surface area contributed by atoms with Gasteiger partial charge in [0.05, 0.1) is 0 Å². The first-order chi connectivity index (χ1) is 8.24. The maximum absolute atomic E-state index is 5.93. The lowest BCUT2D eigenvalue weighted by Crippen LogP contribution is -2.12. The number of halogens is 2. The van der Waals surface area contributed by atoms with E-state index in [0.717, 1.165) is 18.1 Å². The Kier molecular flexibility index (Phi) is 4.83. The Hall–Kier alpha value is -0.580. The van der Waals surface area contributed by atoms with E-state index in [-0.39, 0.29) is 0 Å². The van der Waals surface area contributed by atoms with E-state index in [2.05, 4.69) is 58.2 Å². The molecule has 0 saturated carbocycles. The Bertz CT molecular complexity index is 482. The Morgan fingerprint density at radius 1 is 0.941 bits per heavy atom. The highest BCUT2D eigenvalue weighted by molar-refractivity contribution is 14.1. The molecule has 2 aromatic rings. The lowest BCUT2D eigenvalue weighted by atomic mass is 10.2. The summed E-state index contributed by atoms with van der Waals surface area (Å²) in [6.07, 6.45) is 0. The van der Waals surface area contributed by atoms with Crippen LogP contribution in [0.3, 0.4) is 0 Å². The quantitative estimate of drug-likeness (QED) is 0.807. The molecule has 0 aliphatic heterocycles. The number of benzene rings is 2. The standard InChI is InChI=1S/C14H13ClIN/c15-13-3-1-2-12(8-13)10-17-9-11-4-6-14(16)7-5-11/h1-8,17H,9-10H2. The summed E-state index contributed by atoms with van der Waals surface area (Å²) in [5.41, 5.74) is 2.51. The van der Waals surface area contributed by atoms with Crippen molar-refractivity contribution in [2.75, 3.05) is 0 Å². The molecule has 0 amide bonds. The molecular formula is C14H13ClIN. The van der Waals surface area contributed by atoms with Crippen LogP contribution in [0, 0.1) is 3.57 Å². The average molecular weight is 358 g/mol. The molecule has 0 unspecified atom stereocenters. The maximum Gasteiger partial charge on any atom is 0.0409 e. The zero-order chi connectivity index (χ0) is 12.1. The van der Waals surface area contributed by atoms with Gasteiger partial charge in [-0.3, -0.25) is 0 Å². The molecule has 0 bridgehead atoms.